The average molecular weight is 291 g/mol. The fourth-order valence-corrected chi connectivity index (χ4v) is 1.93. The standard InChI is InChI=1S/C10H11ClN2O4S/c1-7-2-4-8(5-3-7)18(15,16)10(12)13-17-9(14)6-11/h2-5H,6H2,1H3,(H2,12,13). The first-order valence-corrected chi connectivity index (χ1v) is 6.80. The van der Waals surface area contributed by atoms with Crippen LogP contribution in [-0.2, 0) is 19.5 Å². The van der Waals surface area contributed by atoms with Crippen LogP contribution in [0.25, 0.3) is 0 Å². The molecule has 0 aliphatic carbocycles. The first-order valence-electron chi connectivity index (χ1n) is 4.79. The predicted molar refractivity (Wildman–Crippen MR) is 66.8 cm³/mol. The fraction of sp³-hybridized carbons (Fsp3) is 0.200. The van der Waals surface area contributed by atoms with Gasteiger partial charge in [-0.3, -0.25) is 0 Å². The number of aryl methyl sites for hydroxylation is 1. The van der Waals surface area contributed by atoms with E-state index in [1.807, 2.05) is 6.92 Å². The number of sulfone groups is 1. The molecule has 0 radical (unpaired) electrons. The van der Waals surface area contributed by atoms with Crippen LogP contribution in [0.4, 0.5) is 0 Å². The summed E-state index contributed by atoms with van der Waals surface area (Å²) in [5.41, 5.74) is 6.17. The minimum Gasteiger partial charge on any atom is -0.371 e. The second kappa shape index (κ2) is 5.83. The van der Waals surface area contributed by atoms with Gasteiger partial charge in [-0.15, -0.1) is 11.6 Å². The topological polar surface area (TPSA) is 98.8 Å². The Balaban J connectivity index is 2.99. The number of halogens is 1. The zero-order chi connectivity index (χ0) is 13.8. The summed E-state index contributed by atoms with van der Waals surface area (Å²) in [7, 11) is -3.95. The number of nitrogens with two attached hydrogens (primary N) is 1. The zero-order valence-electron chi connectivity index (χ0n) is 9.46. The Bertz CT molecular complexity index is 566. The second-order valence-electron chi connectivity index (χ2n) is 3.34. The van der Waals surface area contributed by atoms with Crippen molar-refractivity contribution < 1.29 is 18.0 Å². The van der Waals surface area contributed by atoms with Crippen molar-refractivity contribution in [2.75, 3.05) is 5.88 Å². The Hall–Kier alpha value is -1.60. The van der Waals surface area contributed by atoms with Gasteiger partial charge in [-0.2, -0.15) is 0 Å². The SMILES string of the molecule is Cc1ccc(S(=O)(=O)/C(N)=N/OC(=O)CCl)cc1. The molecular formula is C10H11ClN2O4S. The molecule has 0 spiro atoms. The molecule has 0 unspecified atom stereocenters. The van der Waals surface area contributed by atoms with E-state index in [9.17, 15) is 13.2 Å². The summed E-state index contributed by atoms with van der Waals surface area (Å²) in [5.74, 6) is -1.33. The molecule has 0 aliphatic heterocycles. The number of rotatable bonds is 3. The van der Waals surface area contributed by atoms with Gasteiger partial charge in [0.1, 0.15) is 5.88 Å². The van der Waals surface area contributed by atoms with Gasteiger partial charge in [0, 0.05) is 0 Å². The number of oxime groups is 1. The minimum atomic E-state index is -3.95. The highest BCUT2D eigenvalue weighted by atomic mass is 35.5. The van der Waals surface area contributed by atoms with E-state index in [1.165, 1.54) is 12.1 Å². The van der Waals surface area contributed by atoms with Crippen LogP contribution in [0.15, 0.2) is 34.3 Å². The van der Waals surface area contributed by atoms with Crippen LogP contribution < -0.4 is 5.73 Å². The second-order valence-corrected chi connectivity index (χ2v) is 5.51. The lowest BCUT2D eigenvalue weighted by molar-refractivity contribution is -0.140. The van der Waals surface area contributed by atoms with E-state index >= 15 is 0 Å². The zero-order valence-corrected chi connectivity index (χ0v) is 11.0. The van der Waals surface area contributed by atoms with Crippen molar-refractivity contribution in [2.24, 2.45) is 10.9 Å². The monoisotopic (exact) mass is 290 g/mol. The summed E-state index contributed by atoms with van der Waals surface area (Å²) >= 11 is 5.15. The van der Waals surface area contributed by atoms with Gasteiger partial charge in [0.15, 0.2) is 0 Å². The molecule has 0 aliphatic rings. The highest BCUT2D eigenvalue weighted by Crippen LogP contribution is 2.12. The van der Waals surface area contributed by atoms with Gasteiger partial charge in [-0.05, 0) is 24.2 Å². The van der Waals surface area contributed by atoms with Crippen molar-refractivity contribution in [2.45, 2.75) is 11.8 Å². The molecule has 0 heterocycles. The van der Waals surface area contributed by atoms with Gasteiger partial charge >= 0.3 is 5.97 Å². The molecule has 0 saturated heterocycles. The third-order valence-electron chi connectivity index (χ3n) is 1.95. The Morgan fingerprint density at radius 1 is 1.39 bits per heavy atom. The smallest absolute Gasteiger partial charge is 0.349 e. The van der Waals surface area contributed by atoms with Crippen molar-refractivity contribution in [1.82, 2.24) is 0 Å². The highest BCUT2D eigenvalue weighted by molar-refractivity contribution is 8.06. The van der Waals surface area contributed by atoms with E-state index in [-0.39, 0.29) is 4.90 Å². The molecule has 98 valence electrons. The number of alkyl halides is 1. The normalized spacial score (nSPS) is 12.2. The van der Waals surface area contributed by atoms with Gasteiger partial charge in [-0.1, -0.05) is 17.7 Å². The number of carbonyl (C=O) groups is 1. The summed E-state index contributed by atoms with van der Waals surface area (Å²) in [5, 5.41) is 2.24. The van der Waals surface area contributed by atoms with E-state index < -0.39 is 26.9 Å². The van der Waals surface area contributed by atoms with Crippen molar-refractivity contribution in [3.05, 3.63) is 29.8 Å². The van der Waals surface area contributed by atoms with Gasteiger partial charge in [0.2, 0.25) is 9.84 Å². The molecule has 0 atom stereocenters. The number of carbonyl (C=O) groups excluding carboxylic acids is 1. The molecule has 0 fully saturated rings. The number of nitrogens with zero attached hydrogens (tertiary/aromatic N) is 1. The molecule has 18 heavy (non-hydrogen) atoms. The lowest BCUT2D eigenvalue weighted by Crippen LogP contribution is -2.25. The van der Waals surface area contributed by atoms with Crippen molar-refractivity contribution in [1.29, 1.82) is 0 Å². The number of hydrogen-bond donors (Lipinski definition) is 1. The van der Waals surface area contributed by atoms with Gasteiger partial charge in [0.25, 0.3) is 5.17 Å². The van der Waals surface area contributed by atoms with Crippen molar-refractivity contribution in [3.63, 3.8) is 0 Å². The summed E-state index contributed by atoms with van der Waals surface area (Å²) in [6.07, 6.45) is 0. The Labute approximate surface area is 109 Å². The molecule has 0 amide bonds. The van der Waals surface area contributed by atoms with E-state index in [2.05, 4.69) is 9.99 Å². The Kier molecular flexibility index (Phi) is 4.69. The van der Waals surface area contributed by atoms with Crippen molar-refractivity contribution in [3.8, 4) is 0 Å². The highest BCUT2D eigenvalue weighted by Gasteiger charge is 2.20. The summed E-state index contributed by atoms with van der Waals surface area (Å²) in [6, 6.07) is 6.00. The maximum absolute atomic E-state index is 11.9. The number of benzene rings is 1. The largest absolute Gasteiger partial charge is 0.371 e. The molecule has 1 aromatic carbocycles. The van der Waals surface area contributed by atoms with Crippen LogP contribution in [0.3, 0.4) is 0 Å². The Morgan fingerprint density at radius 3 is 2.44 bits per heavy atom. The molecule has 0 bridgehead atoms. The van der Waals surface area contributed by atoms with Crippen LogP contribution in [0, 0.1) is 6.92 Å². The van der Waals surface area contributed by atoms with Crippen molar-refractivity contribution >= 4 is 32.6 Å². The third kappa shape index (κ3) is 3.44. The first kappa shape index (κ1) is 14.5. The first-order chi connectivity index (χ1) is 8.37. The predicted octanol–water partition coefficient (Wildman–Crippen LogP) is 0.780. The molecular weight excluding hydrogens is 280 g/mol. The molecule has 1 rings (SSSR count). The van der Waals surface area contributed by atoms with Crippen LogP contribution >= 0.6 is 11.6 Å². The van der Waals surface area contributed by atoms with Crippen LogP contribution in [-0.4, -0.2) is 25.4 Å². The molecule has 1 aromatic rings. The summed E-state index contributed by atoms with van der Waals surface area (Å²) in [4.78, 5) is 14.9. The Morgan fingerprint density at radius 2 is 1.94 bits per heavy atom. The molecule has 0 aromatic heterocycles. The lowest BCUT2D eigenvalue weighted by Gasteiger charge is -2.03. The van der Waals surface area contributed by atoms with Crippen LogP contribution in [0.2, 0.25) is 0 Å². The summed E-state index contributed by atoms with van der Waals surface area (Å²) in [6.45, 7) is 1.82. The molecule has 6 nitrogen and oxygen atoms in total. The quantitative estimate of drug-likeness (QED) is 0.292. The average Bonchev–Trinajstić information content (AvgIpc) is 2.35. The molecule has 2 N–H and O–H groups in total. The van der Waals surface area contributed by atoms with Crippen LogP contribution in [0.5, 0.6) is 0 Å². The van der Waals surface area contributed by atoms with Gasteiger partial charge < -0.3 is 10.6 Å². The van der Waals surface area contributed by atoms with Gasteiger partial charge in [0.05, 0.1) is 4.90 Å². The van der Waals surface area contributed by atoms with E-state index in [0.717, 1.165) is 5.56 Å². The minimum absolute atomic E-state index is 0.0312. The number of hydrogen-bond acceptors (Lipinski definition) is 5. The maximum Gasteiger partial charge on any atom is 0.349 e. The maximum atomic E-state index is 11.9. The number of amidine groups is 1. The molecule has 8 heteroatoms. The summed E-state index contributed by atoms with van der Waals surface area (Å²) < 4.78 is 23.7. The molecule has 0 saturated carbocycles. The third-order valence-corrected chi connectivity index (χ3v) is 3.69. The van der Waals surface area contributed by atoms with Crippen LogP contribution in [0.1, 0.15) is 5.56 Å². The lowest BCUT2D eigenvalue weighted by atomic mass is 10.2. The van der Waals surface area contributed by atoms with Gasteiger partial charge in [-0.25, -0.2) is 13.2 Å². The van der Waals surface area contributed by atoms with E-state index in [0.29, 0.717) is 0 Å². The fourth-order valence-electron chi connectivity index (χ4n) is 1.01. The van der Waals surface area contributed by atoms with E-state index in [4.69, 9.17) is 17.3 Å². The van der Waals surface area contributed by atoms with E-state index in [1.54, 1.807) is 12.1 Å².